The van der Waals surface area contributed by atoms with Crippen molar-refractivity contribution in [2.45, 2.75) is 51.5 Å². The van der Waals surface area contributed by atoms with E-state index in [9.17, 15) is 8.78 Å². The van der Waals surface area contributed by atoms with Crippen molar-refractivity contribution >= 4 is 0 Å². The number of hydrogen-bond acceptors (Lipinski definition) is 1. The molecule has 2 atom stereocenters. The first-order chi connectivity index (χ1) is 6.14. The van der Waals surface area contributed by atoms with Crippen molar-refractivity contribution in [2.75, 3.05) is 6.54 Å². The van der Waals surface area contributed by atoms with E-state index in [4.69, 9.17) is 0 Å². The maximum absolute atomic E-state index is 12.8. The van der Waals surface area contributed by atoms with Gasteiger partial charge >= 0.3 is 0 Å². The van der Waals surface area contributed by atoms with Gasteiger partial charge in [0.2, 0.25) is 0 Å². The predicted octanol–water partition coefficient (Wildman–Crippen LogP) is 2.81. The summed E-state index contributed by atoms with van der Waals surface area (Å²) in [4.78, 5) is 0. The van der Waals surface area contributed by atoms with Crippen LogP contribution in [0.15, 0.2) is 0 Å². The number of alkyl halides is 2. The molecule has 0 heterocycles. The molecule has 1 saturated carbocycles. The van der Waals surface area contributed by atoms with Gasteiger partial charge in [-0.25, -0.2) is 8.78 Å². The molecule has 0 saturated heterocycles. The summed E-state index contributed by atoms with van der Waals surface area (Å²) in [7, 11) is 0. The average molecular weight is 191 g/mol. The van der Waals surface area contributed by atoms with E-state index in [-0.39, 0.29) is 0 Å². The fourth-order valence-electron chi connectivity index (χ4n) is 2.32. The predicted molar refractivity (Wildman–Crippen MR) is 50.0 cm³/mol. The zero-order valence-corrected chi connectivity index (χ0v) is 8.45. The Labute approximate surface area is 78.9 Å². The number of nitrogens with one attached hydrogen (secondary N) is 1. The maximum atomic E-state index is 12.8. The molecular formula is C10H19F2N. The Hall–Kier alpha value is -0.180. The SMILES string of the molecule is CCNC1(C(F)F)CCC(CC)C1. The monoisotopic (exact) mass is 191 g/mol. The Morgan fingerprint density at radius 2 is 2.15 bits per heavy atom. The van der Waals surface area contributed by atoms with Crippen LogP contribution in [0.5, 0.6) is 0 Å². The van der Waals surface area contributed by atoms with Gasteiger partial charge in [-0.2, -0.15) is 0 Å². The van der Waals surface area contributed by atoms with Crippen LogP contribution in [-0.2, 0) is 0 Å². The largest absolute Gasteiger partial charge is 0.307 e. The fourth-order valence-corrected chi connectivity index (χ4v) is 2.32. The summed E-state index contributed by atoms with van der Waals surface area (Å²) in [6, 6.07) is 0. The first kappa shape index (κ1) is 10.9. The van der Waals surface area contributed by atoms with E-state index in [1.165, 1.54) is 0 Å². The minimum atomic E-state index is -2.22. The van der Waals surface area contributed by atoms with Gasteiger partial charge in [-0.1, -0.05) is 20.3 Å². The summed E-state index contributed by atoms with van der Waals surface area (Å²) in [6.45, 7) is 4.61. The lowest BCUT2D eigenvalue weighted by Gasteiger charge is -2.29. The summed E-state index contributed by atoms with van der Waals surface area (Å²) in [5.41, 5.74) is -0.866. The Bertz CT molecular complexity index is 161. The molecule has 0 amide bonds. The van der Waals surface area contributed by atoms with Crippen LogP contribution in [0.2, 0.25) is 0 Å². The Balaban J connectivity index is 2.60. The van der Waals surface area contributed by atoms with Gasteiger partial charge in [0, 0.05) is 0 Å². The molecule has 0 bridgehead atoms. The highest BCUT2D eigenvalue weighted by Crippen LogP contribution is 2.40. The van der Waals surface area contributed by atoms with Crippen LogP contribution in [0.1, 0.15) is 39.5 Å². The molecule has 1 aliphatic rings. The van der Waals surface area contributed by atoms with Gasteiger partial charge in [-0.05, 0) is 31.7 Å². The molecule has 2 unspecified atom stereocenters. The summed E-state index contributed by atoms with van der Waals surface area (Å²) >= 11 is 0. The van der Waals surface area contributed by atoms with Crippen molar-refractivity contribution in [3.05, 3.63) is 0 Å². The molecule has 0 aromatic carbocycles. The molecule has 0 aromatic heterocycles. The molecule has 3 heteroatoms. The minimum Gasteiger partial charge on any atom is -0.307 e. The first-order valence-electron chi connectivity index (χ1n) is 5.17. The highest BCUT2D eigenvalue weighted by atomic mass is 19.3. The highest BCUT2D eigenvalue weighted by Gasteiger charge is 2.44. The summed E-state index contributed by atoms with van der Waals surface area (Å²) in [6.07, 6.45) is 1.05. The zero-order chi connectivity index (χ0) is 9.90. The van der Waals surface area contributed by atoms with Crippen molar-refractivity contribution in [1.29, 1.82) is 0 Å². The Kier molecular flexibility index (Phi) is 3.65. The average Bonchev–Trinajstić information content (AvgIpc) is 2.50. The topological polar surface area (TPSA) is 12.0 Å². The van der Waals surface area contributed by atoms with Crippen LogP contribution in [0.4, 0.5) is 8.78 Å². The quantitative estimate of drug-likeness (QED) is 0.720. The van der Waals surface area contributed by atoms with Gasteiger partial charge in [-0.3, -0.25) is 0 Å². The zero-order valence-electron chi connectivity index (χ0n) is 8.45. The maximum Gasteiger partial charge on any atom is 0.256 e. The highest BCUT2D eigenvalue weighted by molar-refractivity contribution is 4.97. The smallest absolute Gasteiger partial charge is 0.256 e. The van der Waals surface area contributed by atoms with Gasteiger partial charge in [-0.15, -0.1) is 0 Å². The lowest BCUT2D eigenvalue weighted by molar-refractivity contribution is 0.0318. The summed E-state index contributed by atoms with van der Waals surface area (Å²) in [5, 5.41) is 2.97. The molecule has 0 aromatic rings. The number of rotatable bonds is 4. The van der Waals surface area contributed by atoms with E-state index < -0.39 is 12.0 Å². The summed E-state index contributed by atoms with van der Waals surface area (Å²) in [5.74, 6) is 0.494. The number of halogens is 2. The molecule has 0 radical (unpaired) electrons. The van der Waals surface area contributed by atoms with E-state index in [1.807, 2.05) is 6.92 Å². The molecule has 1 aliphatic carbocycles. The van der Waals surface area contributed by atoms with Gasteiger partial charge in [0.05, 0.1) is 5.54 Å². The van der Waals surface area contributed by atoms with E-state index >= 15 is 0 Å². The van der Waals surface area contributed by atoms with Crippen LogP contribution in [0.25, 0.3) is 0 Å². The molecule has 13 heavy (non-hydrogen) atoms. The van der Waals surface area contributed by atoms with Crippen LogP contribution < -0.4 is 5.32 Å². The molecule has 0 aliphatic heterocycles. The second-order valence-corrected chi connectivity index (χ2v) is 4.00. The van der Waals surface area contributed by atoms with Crippen molar-refractivity contribution in [3.63, 3.8) is 0 Å². The van der Waals surface area contributed by atoms with Crippen LogP contribution in [-0.4, -0.2) is 18.5 Å². The third kappa shape index (κ3) is 2.19. The van der Waals surface area contributed by atoms with Crippen molar-refractivity contribution in [3.8, 4) is 0 Å². The second kappa shape index (κ2) is 4.36. The van der Waals surface area contributed by atoms with Crippen molar-refractivity contribution < 1.29 is 8.78 Å². The lowest BCUT2D eigenvalue weighted by atomic mass is 9.95. The molecule has 1 fully saturated rings. The molecule has 78 valence electrons. The standard InChI is InChI=1S/C10H19F2N/c1-3-8-5-6-10(7-8,9(11)12)13-4-2/h8-9,13H,3-7H2,1-2H3. The van der Waals surface area contributed by atoms with Crippen LogP contribution >= 0.6 is 0 Å². The third-order valence-electron chi connectivity index (χ3n) is 3.18. The van der Waals surface area contributed by atoms with Crippen molar-refractivity contribution in [2.24, 2.45) is 5.92 Å². The van der Waals surface area contributed by atoms with E-state index in [1.54, 1.807) is 0 Å². The van der Waals surface area contributed by atoms with Gasteiger partial charge in [0.15, 0.2) is 0 Å². The van der Waals surface area contributed by atoms with Crippen LogP contribution in [0, 0.1) is 5.92 Å². The molecule has 1 nitrogen and oxygen atoms in total. The van der Waals surface area contributed by atoms with Crippen molar-refractivity contribution in [1.82, 2.24) is 5.32 Å². The molecule has 1 N–H and O–H groups in total. The third-order valence-corrected chi connectivity index (χ3v) is 3.18. The second-order valence-electron chi connectivity index (χ2n) is 4.00. The van der Waals surface area contributed by atoms with Gasteiger partial charge in [0.25, 0.3) is 6.43 Å². The Morgan fingerprint density at radius 1 is 1.46 bits per heavy atom. The normalized spacial score (nSPS) is 34.4. The fraction of sp³-hybridized carbons (Fsp3) is 1.00. The van der Waals surface area contributed by atoms with Gasteiger partial charge < -0.3 is 5.32 Å². The lowest BCUT2D eigenvalue weighted by Crippen LogP contribution is -2.49. The first-order valence-corrected chi connectivity index (χ1v) is 5.17. The molecule has 0 spiro atoms. The van der Waals surface area contributed by atoms with Gasteiger partial charge in [0.1, 0.15) is 0 Å². The Morgan fingerprint density at radius 3 is 2.54 bits per heavy atom. The van der Waals surface area contributed by atoms with Crippen LogP contribution in [0.3, 0.4) is 0 Å². The summed E-state index contributed by atoms with van der Waals surface area (Å²) < 4.78 is 25.7. The number of hydrogen-bond donors (Lipinski definition) is 1. The molecule has 1 rings (SSSR count). The van der Waals surface area contributed by atoms with E-state index in [2.05, 4.69) is 12.2 Å². The molecular weight excluding hydrogens is 172 g/mol. The minimum absolute atomic E-state index is 0.494. The van der Waals surface area contributed by atoms with E-state index in [0.29, 0.717) is 25.3 Å². The van der Waals surface area contributed by atoms with E-state index in [0.717, 1.165) is 12.8 Å².